The highest BCUT2D eigenvalue weighted by Gasteiger charge is 2.32. The molecule has 3 rings (SSSR count). The Hall–Kier alpha value is -2.08. The highest BCUT2D eigenvalue weighted by atomic mass is 16.5. The van der Waals surface area contributed by atoms with Crippen molar-refractivity contribution >= 4 is 23.9 Å². The number of anilines is 1. The van der Waals surface area contributed by atoms with Gasteiger partial charge in [-0.1, -0.05) is 18.2 Å². The minimum atomic E-state index is -0.445. The Morgan fingerprint density at radius 3 is 3.29 bits per heavy atom. The second-order valence-corrected chi connectivity index (χ2v) is 5.06. The lowest BCUT2D eigenvalue weighted by molar-refractivity contribution is -0.144. The predicted molar refractivity (Wildman–Crippen MR) is 79.1 cm³/mol. The van der Waals surface area contributed by atoms with E-state index in [4.69, 9.17) is 9.47 Å². The highest BCUT2D eigenvalue weighted by Crippen LogP contribution is 2.14. The third kappa shape index (κ3) is 2.71. The summed E-state index contributed by atoms with van der Waals surface area (Å²) in [5, 5.41) is 9.50. The van der Waals surface area contributed by atoms with Gasteiger partial charge in [0.2, 0.25) is 0 Å². The fourth-order valence-corrected chi connectivity index (χ4v) is 2.67. The van der Waals surface area contributed by atoms with Crippen molar-refractivity contribution in [1.29, 1.82) is 0 Å². The maximum Gasteiger partial charge on any atom is 0.330 e. The van der Waals surface area contributed by atoms with Gasteiger partial charge < -0.3 is 14.4 Å². The van der Waals surface area contributed by atoms with Gasteiger partial charge in [-0.05, 0) is 18.9 Å². The molecule has 112 valence electrons. The zero-order valence-electron chi connectivity index (χ0n) is 12.0. The molecule has 6 nitrogen and oxygen atoms in total. The highest BCUT2D eigenvalue weighted by molar-refractivity contribution is 5.80. The zero-order valence-corrected chi connectivity index (χ0v) is 12.0. The van der Waals surface area contributed by atoms with Crippen molar-refractivity contribution in [3.63, 3.8) is 0 Å². The summed E-state index contributed by atoms with van der Waals surface area (Å²) in [5.41, 5.74) is 0. The van der Waals surface area contributed by atoms with E-state index >= 15 is 0 Å². The van der Waals surface area contributed by atoms with Crippen molar-refractivity contribution in [3.8, 4) is 0 Å². The number of nitrogens with one attached hydrogen (secondary N) is 1. The number of aromatic nitrogens is 2. The summed E-state index contributed by atoms with van der Waals surface area (Å²) in [6.45, 7) is 1.52. The van der Waals surface area contributed by atoms with Crippen LogP contribution >= 0.6 is 0 Å². The van der Waals surface area contributed by atoms with Crippen LogP contribution in [-0.2, 0) is 14.3 Å². The Morgan fingerprint density at radius 2 is 2.43 bits per heavy atom. The van der Waals surface area contributed by atoms with E-state index in [9.17, 15) is 4.79 Å². The largest absolute Gasteiger partial charge is 0.467 e. The number of nitrogens with zero attached hydrogens (tertiary/aromatic N) is 2. The van der Waals surface area contributed by atoms with Crippen molar-refractivity contribution in [1.82, 2.24) is 10.2 Å². The number of allylic oxidation sites excluding steroid dienone is 2. The van der Waals surface area contributed by atoms with E-state index in [1.807, 2.05) is 17.1 Å². The molecule has 2 aliphatic rings. The SMILES string of the molecule is COC(=O)C1COCCN1c1n[nH]c2/c1=C\C=C\CC\C=2. The lowest BCUT2D eigenvalue weighted by Gasteiger charge is -2.33. The molecule has 0 saturated carbocycles. The molecule has 0 aromatic carbocycles. The second-order valence-electron chi connectivity index (χ2n) is 5.06. The Morgan fingerprint density at radius 1 is 1.52 bits per heavy atom. The number of methoxy groups -OCH3 is 1. The maximum atomic E-state index is 11.9. The van der Waals surface area contributed by atoms with Gasteiger partial charge in [-0.25, -0.2) is 4.79 Å². The first-order valence-electron chi connectivity index (χ1n) is 7.15. The molecule has 1 N–H and O–H groups in total. The fraction of sp³-hybridized carbons (Fsp3) is 0.467. The molecule has 21 heavy (non-hydrogen) atoms. The van der Waals surface area contributed by atoms with Crippen LogP contribution in [0.15, 0.2) is 12.2 Å². The number of H-pyrrole nitrogens is 1. The van der Waals surface area contributed by atoms with Gasteiger partial charge in [-0.15, -0.1) is 0 Å². The number of hydrogen-bond acceptors (Lipinski definition) is 5. The molecule has 1 unspecified atom stereocenters. The molecule has 1 aromatic rings. The van der Waals surface area contributed by atoms with Crippen molar-refractivity contribution in [2.75, 3.05) is 31.8 Å². The lowest BCUT2D eigenvalue weighted by Crippen LogP contribution is -2.52. The molecule has 0 spiro atoms. The molecule has 1 saturated heterocycles. The lowest BCUT2D eigenvalue weighted by atomic mass is 10.2. The van der Waals surface area contributed by atoms with Crippen molar-refractivity contribution in [3.05, 3.63) is 22.7 Å². The average molecular weight is 289 g/mol. The van der Waals surface area contributed by atoms with Crippen LogP contribution in [0.2, 0.25) is 0 Å². The van der Waals surface area contributed by atoms with E-state index in [0.717, 1.165) is 29.2 Å². The maximum absolute atomic E-state index is 11.9. The molecule has 0 amide bonds. The Bertz CT molecular complexity index is 662. The van der Waals surface area contributed by atoms with E-state index < -0.39 is 6.04 Å². The summed E-state index contributed by atoms with van der Waals surface area (Å²) in [7, 11) is 1.40. The van der Waals surface area contributed by atoms with Crippen LogP contribution in [0.1, 0.15) is 12.8 Å². The van der Waals surface area contributed by atoms with Crippen LogP contribution in [0, 0.1) is 0 Å². The third-order valence-corrected chi connectivity index (χ3v) is 3.77. The molecular weight excluding hydrogens is 270 g/mol. The van der Waals surface area contributed by atoms with E-state index in [2.05, 4.69) is 22.3 Å². The molecule has 2 heterocycles. The first kappa shape index (κ1) is 13.9. The minimum absolute atomic E-state index is 0.295. The van der Waals surface area contributed by atoms with E-state index in [1.54, 1.807) is 0 Å². The van der Waals surface area contributed by atoms with Gasteiger partial charge >= 0.3 is 5.97 Å². The summed E-state index contributed by atoms with van der Waals surface area (Å²) >= 11 is 0. The summed E-state index contributed by atoms with van der Waals surface area (Å²) in [6, 6.07) is -0.445. The summed E-state index contributed by atoms with van der Waals surface area (Å²) < 4.78 is 10.3. The Kier molecular flexibility index (Phi) is 4.06. The fourth-order valence-electron chi connectivity index (χ4n) is 2.67. The quantitative estimate of drug-likeness (QED) is 0.757. The number of carbonyl (C=O) groups excluding carboxylic acids is 1. The number of rotatable bonds is 2. The van der Waals surface area contributed by atoms with E-state index in [-0.39, 0.29) is 5.97 Å². The van der Waals surface area contributed by atoms with Gasteiger partial charge in [-0.3, -0.25) is 5.10 Å². The molecule has 1 aliphatic carbocycles. The second kappa shape index (κ2) is 6.13. The summed E-state index contributed by atoms with van der Waals surface area (Å²) in [4.78, 5) is 13.9. The monoisotopic (exact) mass is 289 g/mol. The minimum Gasteiger partial charge on any atom is -0.467 e. The van der Waals surface area contributed by atoms with Gasteiger partial charge in [0.15, 0.2) is 11.9 Å². The molecule has 1 aromatic heterocycles. The number of carbonyl (C=O) groups is 1. The standard InChI is InChI=1S/C15H19N3O3/c1-20-15(19)13-10-21-9-8-18(13)14-11-6-4-2-3-5-7-12(11)16-17-14/h2,4,6-7,13,16H,3,5,8-10H2,1H3/b4-2+,11-6+,12-7+. The zero-order chi connectivity index (χ0) is 14.7. The number of fused-ring (bicyclic) bond motifs is 1. The van der Waals surface area contributed by atoms with Gasteiger partial charge in [-0.2, -0.15) is 5.10 Å². The third-order valence-electron chi connectivity index (χ3n) is 3.77. The molecular formula is C15H19N3O3. The molecule has 1 fully saturated rings. The van der Waals surface area contributed by atoms with Gasteiger partial charge in [0.25, 0.3) is 0 Å². The Labute approximate surface area is 122 Å². The van der Waals surface area contributed by atoms with E-state index in [1.165, 1.54) is 7.11 Å². The average Bonchev–Trinajstić information content (AvgIpc) is 2.88. The van der Waals surface area contributed by atoms with Crippen molar-refractivity contribution in [2.24, 2.45) is 0 Å². The number of aromatic amines is 1. The van der Waals surface area contributed by atoms with Crippen LogP contribution < -0.4 is 15.5 Å². The van der Waals surface area contributed by atoms with Gasteiger partial charge in [0.1, 0.15) is 0 Å². The van der Waals surface area contributed by atoms with Gasteiger partial charge in [0, 0.05) is 11.8 Å². The first-order chi connectivity index (χ1) is 10.3. The molecule has 1 aliphatic heterocycles. The predicted octanol–water partition coefficient (Wildman–Crippen LogP) is -0.301. The van der Waals surface area contributed by atoms with Crippen LogP contribution in [-0.4, -0.2) is 49.1 Å². The number of ether oxygens (including phenoxy) is 2. The first-order valence-corrected chi connectivity index (χ1v) is 7.15. The number of morpholine rings is 1. The van der Waals surface area contributed by atoms with Crippen LogP contribution in [0.3, 0.4) is 0 Å². The van der Waals surface area contributed by atoms with Crippen molar-refractivity contribution < 1.29 is 14.3 Å². The molecule has 0 bridgehead atoms. The van der Waals surface area contributed by atoms with Crippen LogP contribution in [0.5, 0.6) is 0 Å². The van der Waals surface area contributed by atoms with Crippen LogP contribution in [0.4, 0.5) is 5.82 Å². The molecule has 6 heteroatoms. The summed E-state index contributed by atoms with van der Waals surface area (Å²) in [5.74, 6) is 0.489. The number of hydrogen-bond donors (Lipinski definition) is 1. The molecule has 0 radical (unpaired) electrons. The number of esters is 1. The smallest absolute Gasteiger partial charge is 0.330 e. The van der Waals surface area contributed by atoms with E-state index in [0.29, 0.717) is 19.8 Å². The normalized spacial score (nSPS) is 26.3. The van der Waals surface area contributed by atoms with Crippen molar-refractivity contribution in [2.45, 2.75) is 18.9 Å². The summed E-state index contributed by atoms with van der Waals surface area (Å²) in [6.07, 6.45) is 10.3. The topological polar surface area (TPSA) is 67.5 Å². The van der Waals surface area contributed by atoms with Crippen LogP contribution in [0.25, 0.3) is 12.2 Å². The Balaban J connectivity index is 2.04. The molecule has 1 atom stereocenters. The van der Waals surface area contributed by atoms with Gasteiger partial charge in [0.05, 0.1) is 25.7 Å².